The number of likely N-dealkylation sites (tertiary alicyclic amines) is 1. The molecule has 0 bridgehead atoms. The van der Waals surface area contributed by atoms with E-state index in [1.165, 1.54) is 0 Å². The topological polar surface area (TPSA) is 106 Å². The van der Waals surface area contributed by atoms with Crippen LogP contribution in [0.4, 0.5) is 5.82 Å². The Labute approximate surface area is 203 Å². The molecule has 1 atom stereocenters. The molecule has 1 fully saturated rings. The number of nitrogens with zero attached hydrogens (tertiary/aromatic N) is 4. The molecule has 5 rings (SSSR count). The minimum atomic E-state index is -0.299. The van der Waals surface area contributed by atoms with Crippen molar-refractivity contribution in [3.05, 3.63) is 90.4 Å². The Morgan fingerprint density at radius 3 is 2.43 bits per heavy atom. The Balaban J connectivity index is 1.23. The second kappa shape index (κ2) is 9.42. The predicted octanol–water partition coefficient (Wildman–Crippen LogP) is 3.38. The molecule has 3 N–H and O–H groups in total. The molecule has 0 unspecified atom stereocenters. The fraction of sp³-hybridized carbons (Fsp3) is 0.185. The van der Waals surface area contributed by atoms with Crippen LogP contribution in [-0.2, 0) is 7.05 Å². The number of anilines is 1. The number of aryl methyl sites for hydroxylation is 1. The second-order valence-corrected chi connectivity index (χ2v) is 8.71. The third-order valence-corrected chi connectivity index (χ3v) is 6.25. The Hall–Kier alpha value is -4.46. The number of nitrogens with one attached hydrogen (secondary N) is 1. The number of hydrogen-bond acceptors (Lipinski definition) is 5. The molecule has 4 aromatic rings. The number of aromatic nitrogens is 3. The van der Waals surface area contributed by atoms with E-state index in [1.54, 1.807) is 28.0 Å². The van der Waals surface area contributed by atoms with Gasteiger partial charge in [-0.1, -0.05) is 42.5 Å². The first-order chi connectivity index (χ1) is 17.0. The first-order valence-electron chi connectivity index (χ1n) is 11.5. The Kier molecular flexibility index (Phi) is 6.01. The van der Waals surface area contributed by atoms with Gasteiger partial charge in [-0.25, -0.2) is 4.98 Å². The van der Waals surface area contributed by atoms with Crippen LogP contribution in [0.1, 0.15) is 27.1 Å². The number of nitrogen functional groups attached to an aromatic ring is 1. The second-order valence-electron chi connectivity index (χ2n) is 8.71. The van der Waals surface area contributed by atoms with Crippen LogP contribution >= 0.6 is 0 Å². The first kappa shape index (κ1) is 22.3. The molecule has 0 aliphatic carbocycles. The van der Waals surface area contributed by atoms with Crippen molar-refractivity contribution >= 4 is 17.6 Å². The molecule has 0 saturated carbocycles. The van der Waals surface area contributed by atoms with Crippen molar-refractivity contribution in [3.8, 4) is 22.3 Å². The van der Waals surface area contributed by atoms with Gasteiger partial charge in [0.15, 0.2) is 0 Å². The molecular weight excluding hydrogens is 440 g/mol. The summed E-state index contributed by atoms with van der Waals surface area (Å²) in [6, 6.07) is 19.2. The smallest absolute Gasteiger partial charge is 0.255 e. The van der Waals surface area contributed by atoms with Gasteiger partial charge in [-0.15, -0.1) is 0 Å². The molecule has 2 aromatic heterocycles. The fourth-order valence-corrected chi connectivity index (χ4v) is 4.33. The summed E-state index contributed by atoms with van der Waals surface area (Å²) in [7, 11) is 1.83. The number of rotatable bonds is 5. The molecule has 3 heterocycles. The maximum atomic E-state index is 13.0. The van der Waals surface area contributed by atoms with Crippen molar-refractivity contribution < 1.29 is 9.59 Å². The van der Waals surface area contributed by atoms with Crippen molar-refractivity contribution in [1.29, 1.82) is 0 Å². The third kappa shape index (κ3) is 4.77. The van der Waals surface area contributed by atoms with Crippen LogP contribution in [0.15, 0.2) is 79.3 Å². The summed E-state index contributed by atoms with van der Waals surface area (Å²) in [6.07, 6.45) is 5.86. The van der Waals surface area contributed by atoms with E-state index < -0.39 is 0 Å². The predicted molar refractivity (Wildman–Crippen MR) is 135 cm³/mol. The van der Waals surface area contributed by atoms with Gasteiger partial charge in [-0.05, 0) is 35.7 Å². The van der Waals surface area contributed by atoms with Gasteiger partial charge >= 0.3 is 0 Å². The Bertz CT molecular complexity index is 1360. The largest absolute Gasteiger partial charge is 0.383 e. The highest BCUT2D eigenvalue weighted by Gasteiger charge is 2.29. The molecule has 1 saturated heterocycles. The monoisotopic (exact) mass is 466 g/mol. The van der Waals surface area contributed by atoms with Crippen LogP contribution in [0.5, 0.6) is 0 Å². The lowest BCUT2D eigenvalue weighted by Crippen LogP contribution is -2.38. The average Bonchev–Trinajstić information content (AvgIpc) is 3.53. The highest BCUT2D eigenvalue weighted by molar-refractivity contribution is 6.00. The Morgan fingerprint density at radius 1 is 0.971 bits per heavy atom. The van der Waals surface area contributed by atoms with Crippen molar-refractivity contribution in [2.24, 2.45) is 7.05 Å². The molecule has 8 heteroatoms. The molecule has 35 heavy (non-hydrogen) atoms. The lowest BCUT2D eigenvalue weighted by atomic mass is 10.0. The van der Waals surface area contributed by atoms with Crippen LogP contribution in [0.2, 0.25) is 0 Å². The Morgan fingerprint density at radius 2 is 1.71 bits per heavy atom. The van der Waals surface area contributed by atoms with Gasteiger partial charge in [-0.3, -0.25) is 14.3 Å². The van der Waals surface area contributed by atoms with E-state index in [0.717, 1.165) is 22.3 Å². The highest BCUT2D eigenvalue weighted by atomic mass is 16.2. The van der Waals surface area contributed by atoms with Crippen LogP contribution in [0.3, 0.4) is 0 Å². The van der Waals surface area contributed by atoms with Gasteiger partial charge in [0.25, 0.3) is 11.8 Å². The van der Waals surface area contributed by atoms with E-state index in [4.69, 9.17) is 5.73 Å². The van der Waals surface area contributed by atoms with E-state index in [1.807, 2.05) is 67.8 Å². The lowest BCUT2D eigenvalue weighted by molar-refractivity contribution is 0.0783. The minimum Gasteiger partial charge on any atom is -0.383 e. The number of carbonyl (C=O) groups excluding carboxylic acids is 2. The molecule has 0 radical (unpaired) electrons. The fourth-order valence-electron chi connectivity index (χ4n) is 4.33. The van der Waals surface area contributed by atoms with Gasteiger partial charge < -0.3 is 16.0 Å². The van der Waals surface area contributed by atoms with Gasteiger partial charge in [0.1, 0.15) is 5.82 Å². The van der Waals surface area contributed by atoms with Gasteiger partial charge in [0, 0.05) is 55.3 Å². The minimum absolute atomic E-state index is 0.0406. The molecule has 1 aliphatic rings. The van der Waals surface area contributed by atoms with Crippen molar-refractivity contribution in [3.63, 3.8) is 0 Å². The molecule has 2 amide bonds. The number of benzene rings is 2. The zero-order valence-electron chi connectivity index (χ0n) is 19.4. The summed E-state index contributed by atoms with van der Waals surface area (Å²) < 4.78 is 1.69. The van der Waals surface area contributed by atoms with E-state index in [-0.39, 0.29) is 23.7 Å². The van der Waals surface area contributed by atoms with E-state index in [2.05, 4.69) is 15.4 Å². The summed E-state index contributed by atoms with van der Waals surface area (Å²) in [4.78, 5) is 32.0. The molecule has 2 aromatic carbocycles. The van der Waals surface area contributed by atoms with Crippen LogP contribution in [0, 0.1) is 0 Å². The zero-order chi connectivity index (χ0) is 24.4. The van der Waals surface area contributed by atoms with Crippen molar-refractivity contribution in [2.45, 2.75) is 12.5 Å². The van der Waals surface area contributed by atoms with E-state index >= 15 is 0 Å². The number of nitrogens with two attached hydrogens (primary N) is 1. The van der Waals surface area contributed by atoms with E-state index in [0.29, 0.717) is 30.6 Å². The van der Waals surface area contributed by atoms with Gasteiger partial charge in [0.2, 0.25) is 0 Å². The summed E-state index contributed by atoms with van der Waals surface area (Å²) in [5, 5.41) is 7.18. The lowest BCUT2D eigenvalue weighted by Gasteiger charge is -2.18. The summed E-state index contributed by atoms with van der Waals surface area (Å²) in [6.45, 7) is 1.02. The number of amides is 2. The molecule has 8 nitrogen and oxygen atoms in total. The third-order valence-electron chi connectivity index (χ3n) is 6.25. The number of pyridine rings is 1. The summed E-state index contributed by atoms with van der Waals surface area (Å²) >= 11 is 0. The van der Waals surface area contributed by atoms with E-state index in [9.17, 15) is 9.59 Å². The molecule has 176 valence electrons. The maximum absolute atomic E-state index is 13.0. The van der Waals surface area contributed by atoms with Crippen LogP contribution < -0.4 is 11.1 Å². The number of hydrogen-bond donors (Lipinski definition) is 2. The van der Waals surface area contributed by atoms with Crippen molar-refractivity contribution in [1.82, 2.24) is 25.0 Å². The summed E-state index contributed by atoms with van der Waals surface area (Å²) in [5.41, 5.74) is 10.7. The van der Waals surface area contributed by atoms with Gasteiger partial charge in [-0.2, -0.15) is 5.10 Å². The maximum Gasteiger partial charge on any atom is 0.255 e. The molecule has 0 spiro atoms. The van der Waals surface area contributed by atoms with Crippen molar-refractivity contribution in [2.75, 3.05) is 18.8 Å². The standard InChI is InChI=1S/C27H26N6O2/c1-32-16-22(15-30-32)21-13-24(25(28)29-14-21)26(34)31-23-11-12-33(17-23)27(35)20-9-7-19(8-10-20)18-5-3-2-4-6-18/h2-10,13-16,23H,11-12,17H2,1H3,(H2,28,29)(H,31,34)/t23-/m1/s1. The first-order valence-corrected chi connectivity index (χ1v) is 11.5. The number of carbonyl (C=O) groups is 2. The molecule has 1 aliphatic heterocycles. The normalized spacial score (nSPS) is 15.2. The SMILES string of the molecule is Cn1cc(-c2cnc(N)c(C(=O)N[C@@H]3CCN(C(=O)c4ccc(-c5ccccc5)cc4)C3)c2)cn1. The van der Waals surface area contributed by atoms with Crippen LogP contribution in [0.25, 0.3) is 22.3 Å². The molecular formula is C27H26N6O2. The van der Waals surface area contributed by atoms with Crippen LogP contribution in [-0.4, -0.2) is 50.6 Å². The summed E-state index contributed by atoms with van der Waals surface area (Å²) in [5.74, 6) is -0.173. The van der Waals surface area contributed by atoms with Gasteiger partial charge in [0.05, 0.1) is 11.8 Å². The quantitative estimate of drug-likeness (QED) is 0.469. The zero-order valence-corrected chi connectivity index (χ0v) is 19.4. The highest BCUT2D eigenvalue weighted by Crippen LogP contribution is 2.23. The average molecular weight is 467 g/mol.